The third-order valence-corrected chi connectivity index (χ3v) is 4.62. The Labute approximate surface area is 185 Å². The quantitative estimate of drug-likeness (QED) is 0.520. The molecule has 0 spiro atoms. The van der Waals surface area contributed by atoms with Gasteiger partial charge in [-0.3, -0.25) is 4.90 Å². The van der Waals surface area contributed by atoms with E-state index in [9.17, 15) is 23.1 Å². The number of alkyl halides is 2. The SMILES string of the molecule is COc1ccc(N(Cc2nnc(C(F)F)n2CCO)C(=O)Nc2ccc(F)c(Cl)c2)cn1. The molecule has 2 N–H and O–H groups in total. The summed E-state index contributed by atoms with van der Waals surface area (Å²) in [6, 6.07) is 5.97. The fraction of sp³-hybridized carbons (Fsp3) is 0.263. The molecule has 0 aliphatic heterocycles. The van der Waals surface area contributed by atoms with Gasteiger partial charge in [-0.05, 0) is 24.3 Å². The number of carbonyl (C=O) groups is 1. The molecule has 0 radical (unpaired) electrons. The van der Waals surface area contributed by atoms with Crippen LogP contribution in [0.25, 0.3) is 0 Å². The average molecular weight is 471 g/mol. The second-order valence-electron chi connectivity index (χ2n) is 6.35. The van der Waals surface area contributed by atoms with E-state index in [0.29, 0.717) is 5.88 Å². The summed E-state index contributed by atoms with van der Waals surface area (Å²) in [5.41, 5.74) is 0.492. The summed E-state index contributed by atoms with van der Waals surface area (Å²) in [4.78, 5) is 18.3. The lowest BCUT2D eigenvalue weighted by Gasteiger charge is -2.23. The molecule has 2 aromatic heterocycles. The predicted octanol–water partition coefficient (Wildman–Crippen LogP) is 3.64. The topological polar surface area (TPSA) is 105 Å². The van der Waals surface area contributed by atoms with Gasteiger partial charge in [-0.1, -0.05) is 11.6 Å². The number of nitrogens with one attached hydrogen (secondary N) is 1. The van der Waals surface area contributed by atoms with Crippen molar-refractivity contribution in [3.05, 3.63) is 59.0 Å². The van der Waals surface area contributed by atoms with Crippen molar-refractivity contribution in [3.63, 3.8) is 0 Å². The summed E-state index contributed by atoms with van der Waals surface area (Å²) in [7, 11) is 1.42. The van der Waals surface area contributed by atoms with Crippen molar-refractivity contribution in [2.45, 2.75) is 19.5 Å². The van der Waals surface area contributed by atoms with Gasteiger partial charge in [-0.15, -0.1) is 10.2 Å². The van der Waals surface area contributed by atoms with Crippen molar-refractivity contribution in [1.82, 2.24) is 19.7 Å². The van der Waals surface area contributed by atoms with E-state index in [1.54, 1.807) is 0 Å². The molecule has 2 heterocycles. The largest absolute Gasteiger partial charge is 0.481 e. The predicted molar refractivity (Wildman–Crippen MR) is 109 cm³/mol. The normalized spacial score (nSPS) is 11.0. The number of pyridine rings is 1. The number of halogens is 4. The summed E-state index contributed by atoms with van der Waals surface area (Å²) < 4.78 is 46.0. The first-order chi connectivity index (χ1) is 15.3. The second-order valence-corrected chi connectivity index (χ2v) is 6.76. The maximum absolute atomic E-state index is 13.4. The van der Waals surface area contributed by atoms with Gasteiger partial charge in [0.15, 0.2) is 11.6 Å². The van der Waals surface area contributed by atoms with Crippen molar-refractivity contribution >= 4 is 29.0 Å². The minimum Gasteiger partial charge on any atom is -0.481 e. The summed E-state index contributed by atoms with van der Waals surface area (Å²) in [6.07, 6.45) is -1.58. The molecule has 32 heavy (non-hydrogen) atoms. The third kappa shape index (κ3) is 5.26. The maximum atomic E-state index is 13.4. The highest BCUT2D eigenvalue weighted by atomic mass is 35.5. The van der Waals surface area contributed by atoms with Crippen molar-refractivity contribution in [2.24, 2.45) is 0 Å². The van der Waals surface area contributed by atoms with E-state index in [-0.39, 0.29) is 35.3 Å². The fourth-order valence-corrected chi connectivity index (χ4v) is 2.99. The van der Waals surface area contributed by atoms with Crippen LogP contribution in [-0.2, 0) is 13.1 Å². The van der Waals surface area contributed by atoms with Crippen molar-refractivity contribution in [2.75, 3.05) is 23.9 Å². The lowest BCUT2D eigenvalue weighted by molar-refractivity contribution is 0.132. The highest BCUT2D eigenvalue weighted by molar-refractivity contribution is 6.31. The Hall–Kier alpha value is -3.38. The zero-order valence-electron chi connectivity index (χ0n) is 16.7. The number of nitrogens with zero attached hydrogens (tertiary/aromatic N) is 5. The number of hydrogen-bond donors (Lipinski definition) is 2. The first-order valence-corrected chi connectivity index (χ1v) is 9.56. The number of aliphatic hydroxyl groups excluding tert-OH is 1. The molecule has 1 aromatic carbocycles. The van der Waals surface area contributed by atoms with Crippen LogP contribution in [0.1, 0.15) is 18.1 Å². The molecule has 0 saturated carbocycles. The minimum absolute atomic E-state index is 0.0115. The summed E-state index contributed by atoms with van der Waals surface area (Å²) in [6.45, 7) is -0.907. The number of carbonyl (C=O) groups excluding carboxylic acids is 1. The van der Waals surface area contributed by atoms with Crippen LogP contribution in [-0.4, -0.2) is 44.6 Å². The lowest BCUT2D eigenvalue weighted by Crippen LogP contribution is -2.35. The first-order valence-electron chi connectivity index (χ1n) is 9.18. The number of aliphatic hydroxyl groups is 1. The van der Waals surface area contributed by atoms with Gasteiger partial charge in [0.1, 0.15) is 5.82 Å². The van der Waals surface area contributed by atoms with Gasteiger partial charge in [-0.25, -0.2) is 22.9 Å². The van der Waals surface area contributed by atoms with Gasteiger partial charge in [0.25, 0.3) is 6.43 Å². The number of urea groups is 1. The second kappa shape index (κ2) is 10.3. The van der Waals surface area contributed by atoms with Crippen LogP contribution in [0.3, 0.4) is 0 Å². The van der Waals surface area contributed by atoms with E-state index >= 15 is 0 Å². The molecule has 0 aliphatic rings. The molecule has 0 bridgehead atoms. The van der Waals surface area contributed by atoms with Gasteiger partial charge < -0.3 is 19.7 Å². The van der Waals surface area contributed by atoms with Gasteiger partial charge >= 0.3 is 6.03 Å². The van der Waals surface area contributed by atoms with Crippen LogP contribution in [0.5, 0.6) is 5.88 Å². The molecule has 0 unspecified atom stereocenters. The Morgan fingerprint density at radius 1 is 1.31 bits per heavy atom. The maximum Gasteiger partial charge on any atom is 0.326 e. The van der Waals surface area contributed by atoms with E-state index in [1.165, 1.54) is 37.6 Å². The van der Waals surface area contributed by atoms with Crippen molar-refractivity contribution in [1.29, 1.82) is 0 Å². The summed E-state index contributed by atoms with van der Waals surface area (Å²) >= 11 is 5.76. The number of ether oxygens (including phenoxy) is 1. The van der Waals surface area contributed by atoms with Crippen LogP contribution in [0.2, 0.25) is 5.02 Å². The molecular formula is C19H18ClF3N6O3. The average Bonchev–Trinajstić information content (AvgIpc) is 3.17. The van der Waals surface area contributed by atoms with E-state index < -0.39 is 30.7 Å². The molecule has 0 fully saturated rings. The molecule has 0 saturated heterocycles. The summed E-state index contributed by atoms with van der Waals surface area (Å²) in [5.74, 6) is -0.981. The Kier molecular flexibility index (Phi) is 7.49. The number of hydrogen-bond acceptors (Lipinski definition) is 6. The van der Waals surface area contributed by atoms with Crippen LogP contribution in [0, 0.1) is 5.82 Å². The smallest absolute Gasteiger partial charge is 0.326 e. The van der Waals surface area contributed by atoms with Gasteiger partial charge in [0, 0.05) is 18.3 Å². The third-order valence-electron chi connectivity index (χ3n) is 4.33. The molecule has 0 atom stereocenters. The van der Waals surface area contributed by atoms with E-state index in [4.69, 9.17) is 16.3 Å². The number of methoxy groups -OCH3 is 1. The van der Waals surface area contributed by atoms with Gasteiger partial charge in [0.2, 0.25) is 5.88 Å². The molecule has 3 rings (SSSR count). The highest BCUT2D eigenvalue weighted by Crippen LogP contribution is 2.24. The van der Waals surface area contributed by atoms with Crippen LogP contribution >= 0.6 is 11.6 Å². The minimum atomic E-state index is -2.92. The standard InChI is InChI=1S/C19H18ClF3N6O3/c1-32-16-5-3-12(9-24-16)29(19(31)25-11-2-4-14(21)13(20)8-11)10-15-26-27-18(17(22)23)28(15)6-7-30/h2-5,8-9,17,30H,6-7,10H2,1H3,(H,25,31). The number of anilines is 2. The molecule has 170 valence electrons. The van der Waals surface area contributed by atoms with Crippen LogP contribution < -0.4 is 15.0 Å². The Balaban J connectivity index is 1.95. The van der Waals surface area contributed by atoms with Crippen molar-refractivity contribution < 1.29 is 27.8 Å². The molecule has 3 aromatic rings. The van der Waals surface area contributed by atoms with Crippen LogP contribution in [0.15, 0.2) is 36.5 Å². The highest BCUT2D eigenvalue weighted by Gasteiger charge is 2.24. The van der Waals surface area contributed by atoms with E-state index in [0.717, 1.165) is 15.5 Å². The van der Waals surface area contributed by atoms with Gasteiger partial charge in [-0.2, -0.15) is 0 Å². The van der Waals surface area contributed by atoms with E-state index in [1.807, 2.05) is 0 Å². The molecule has 2 amide bonds. The fourth-order valence-electron chi connectivity index (χ4n) is 2.81. The van der Waals surface area contributed by atoms with Gasteiger partial charge in [0.05, 0.1) is 37.2 Å². The van der Waals surface area contributed by atoms with Crippen LogP contribution in [0.4, 0.5) is 29.3 Å². The monoisotopic (exact) mass is 470 g/mol. The Morgan fingerprint density at radius 3 is 2.69 bits per heavy atom. The van der Waals surface area contributed by atoms with E-state index in [2.05, 4.69) is 20.5 Å². The molecule has 13 heteroatoms. The Morgan fingerprint density at radius 2 is 2.09 bits per heavy atom. The zero-order chi connectivity index (χ0) is 23.3. The molecule has 9 nitrogen and oxygen atoms in total. The first kappa shape index (κ1) is 23.3. The Bertz CT molecular complexity index is 1080. The summed E-state index contributed by atoms with van der Waals surface area (Å²) in [5, 5.41) is 18.8. The molecule has 0 aliphatic carbocycles. The number of amides is 2. The van der Waals surface area contributed by atoms with Crippen molar-refractivity contribution in [3.8, 4) is 5.88 Å². The zero-order valence-corrected chi connectivity index (χ0v) is 17.4. The number of aromatic nitrogens is 4. The lowest BCUT2D eigenvalue weighted by atomic mass is 10.3. The molecular weight excluding hydrogens is 453 g/mol. The number of rotatable bonds is 8. The number of benzene rings is 1.